The summed E-state index contributed by atoms with van der Waals surface area (Å²) >= 11 is 4.62. The van der Waals surface area contributed by atoms with Crippen LogP contribution in [0.15, 0.2) is 50.8 Å². The number of methoxy groups -OCH3 is 1. The van der Waals surface area contributed by atoms with Gasteiger partial charge in [0.25, 0.3) is 5.91 Å². The standard InChI is InChI=1S/C20H14BrFN2O3S/c1-3-8-27-18-15(21)9-12(10-16(18)26-2)11-17-19(25)24-20(28-17)23-14-6-4-13(22)5-7-14/h1,4-7,9-11H,8H2,2H3,(H,23,24,25)/b17-11-. The van der Waals surface area contributed by atoms with Crippen LogP contribution in [-0.4, -0.2) is 24.8 Å². The number of hydrogen-bond donors (Lipinski definition) is 1. The third kappa shape index (κ3) is 4.74. The van der Waals surface area contributed by atoms with Gasteiger partial charge in [-0.3, -0.25) is 4.79 Å². The lowest BCUT2D eigenvalue weighted by molar-refractivity contribution is -0.115. The van der Waals surface area contributed by atoms with Crippen LogP contribution >= 0.6 is 27.7 Å². The number of thioether (sulfide) groups is 1. The number of ether oxygens (including phenoxy) is 2. The topological polar surface area (TPSA) is 59.9 Å². The van der Waals surface area contributed by atoms with Crippen molar-refractivity contribution in [3.63, 3.8) is 0 Å². The van der Waals surface area contributed by atoms with E-state index in [1.165, 1.54) is 43.1 Å². The van der Waals surface area contributed by atoms with Crippen LogP contribution in [0.5, 0.6) is 11.5 Å². The van der Waals surface area contributed by atoms with Crippen LogP contribution in [0.3, 0.4) is 0 Å². The molecule has 142 valence electrons. The fourth-order valence-electron chi connectivity index (χ4n) is 2.34. The zero-order valence-corrected chi connectivity index (χ0v) is 17.1. The average Bonchev–Trinajstić information content (AvgIpc) is 3.01. The molecule has 3 rings (SSSR count). The van der Waals surface area contributed by atoms with Crippen LogP contribution in [0.4, 0.5) is 10.1 Å². The molecule has 2 aromatic carbocycles. The summed E-state index contributed by atoms with van der Waals surface area (Å²) in [5, 5.41) is 3.11. The minimum atomic E-state index is -0.346. The quantitative estimate of drug-likeness (QED) is 0.526. The van der Waals surface area contributed by atoms with E-state index in [9.17, 15) is 9.18 Å². The minimum Gasteiger partial charge on any atom is -0.493 e. The fourth-order valence-corrected chi connectivity index (χ4v) is 3.76. The van der Waals surface area contributed by atoms with Gasteiger partial charge in [0.1, 0.15) is 12.4 Å². The molecule has 0 aromatic heterocycles. The first-order valence-corrected chi connectivity index (χ1v) is 9.60. The van der Waals surface area contributed by atoms with Gasteiger partial charge in [0.2, 0.25) is 0 Å². The van der Waals surface area contributed by atoms with Crippen molar-refractivity contribution in [1.82, 2.24) is 5.32 Å². The molecule has 2 aromatic rings. The predicted molar refractivity (Wildman–Crippen MR) is 112 cm³/mol. The molecule has 1 amide bonds. The lowest BCUT2D eigenvalue weighted by Gasteiger charge is -2.12. The average molecular weight is 461 g/mol. The summed E-state index contributed by atoms with van der Waals surface area (Å²) in [6.07, 6.45) is 6.94. The van der Waals surface area contributed by atoms with Crippen molar-refractivity contribution < 1.29 is 18.7 Å². The molecule has 5 nitrogen and oxygen atoms in total. The van der Waals surface area contributed by atoms with Crippen molar-refractivity contribution in [2.24, 2.45) is 4.99 Å². The molecule has 1 aliphatic heterocycles. The molecule has 28 heavy (non-hydrogen) atoms. The molecule has 0 radical (unpaired) electrons. The van der Waals surface area contributed by atoms with Gasteiger partial charge >= 0.3 is 0 Å². The number of rotatable bonds is 5. The second-order valence-electron chi connectivity index (χ2n) is 5.49. The van der Waals surface area contributed by atoms with Crippen LogP contribution < -0.4 is 14.8 Å². The first-order valence-electron chi connectivity index (χ1n) is 7.99. The monoisotopic (exact) mass is 460 g/mol. The smallest absolute Gasteiger partial charge is 0.264 e. The number of carbonyl (C=O) groups is 1. The van der Waals surface area contributed by atoms with E-state index in [4.69, 9.17) is 15.9 Å². The van der Waals surface area contributed by atoms with Crippen molar-refractivity contribution in [1.29, 1.82) is 0 Å². The van der Waals surface area contributed by atoms with Crippen molar-refractivity contribution in [2.75, 3.05) is 13.7 Å². The largest absolute Gasteiger partial charge is 0.493 e. The van der Waals surface area contributed by atoms with Crippen LogP contribution in [-0.2, 0) is 4.79 Å². The van der Waals surface area contributed by atoms with Gasteiger partial charge in [-0.2, -0.15) is 0 Å². The Bertz CT molecular complexity index is 1010. The number of aliphatic imine (C=N–C) groups is 1. The molecule has 1 aliphatic rings. The molecule has 8 heteroatoms. The summed E-state index contributed by atoms with van der Waals surface area (Å²) in [6, 6.07) is 9.23. The molecule has 0 unspecified atom stereocenters. The highest BCUT2D eigenvalue weighted by molar-refractivity contribution is 9.10. The molecule has 1 fully saturated rings. The summed E-state index contributed by atoms with van der Waals surface area (Å²) in [5.41, 5.74) is 1.28. The second kappa shape index (κ2) is 8.95. The molecule has 1 heterocycles. The number of halogens is 2. The zero-order chi connectivity index (χ0) is 20.1. The molecule has 0 bridgehead atoms. The highest BCUT2D eigenvalue weighted by Crippen LogP contribution is 2.38. The van der Waals surface area contributed by atoms with Gasteiger partial charge in [0, 0.05) is 0 Å². The van der Waals surface area contributed by atoms with E-state index in [0.717, 1.165) is 5.56 Å². The normalized spacial score (nSPS) is 16.1. The fraction of sp³-hybridized carbons (Fsp3) is 0.100. The van der Waals surface area contributed by atoms with Gasteiger partial charge < -0.3 is 14.8 Å². The van der Waals surface area contributed by atoms with Crippen LogP contribution in [0.2, 0.25) is 0 Å². The third-order valence-electron chi connectivity index (χ3n) is 3.56. The molecular formula is C20H14BrFN2O3S. The molecule has 0 spiro atoms. The SMILES string of the molecule is C#CCOc1c(Br)cc(/C=C2\SC(=Nc3ccc(F)cc3)NC2=O)cc1OC. The first-order chi connectivity index (χ1) is 13.5. The Morgan fingerprint density at radius 3 is 2.79 bits per heavy atom. The van der Waals surface area contributed by atoms with Gasteiger partial charge in [-0.05, 0) is 75.7 Å². The number of benzene rings is 2. The lowest BCUT2D eigenvalue weighted by Crippen LogP contribution is -2.19. The van der Waals surface area contributed by atoms with E-state index < -0.39 is 0 Å². The van der Waals surface area contributed by atoms with Crippen molar-refractivity contribution in [3.8, 4) is 23.8 Å². The van der Waals surface area contributed by atoms with Crippen molar-refractivity contribution in [3.05, 3.63) is 57.2 Å². The van der Waals surface area contributed by atoms with Crippen LogP contribution in [0.1, 0.15) is 5.56 Å². The van der Waals surface area contributed by atoms with Crippen molar-refractivity contribution in [2.45, 2.75) is 0 Å². The zero-order valence-electron chi connectivity index (χ0n) is 14.7. The molecule has 1 saturated heterocycles. The highest BCUT2D eigenvalue weighted by Gasteiger charge is 2.24. The highest BCUT2D eigenvalue weighted by atomic mass is 79.9. The van der Waals surface area contributed by atoms with E-state index in [1.54, 1.807) is 18.2 Å². The number of nitrogens with zero attached hydrogens (tertiary/aromatic N) is 1. The van der Waals surface area contributed by atoms with Crippen molar-refractivity contribution >= 4 is 50.5 Å². The van der Waals surface area contributed by atoms with E-state index in [1.807, 2.05) is 0 Å². The van der Waals surface area contributed by atoms with Gasteiger partial charge in [0.05, 0.1) is 22.2 Å². The summed E-state index contributed by atoms with van der Waals surface area (Å²) < 4.78 is 24.5. The minimum absolute atomic E-state index is 0.108. The summed E-state index contributed by atoms with van der Waals surface area (Å²) in [7, 11) is 1.52. The Morgan fingerprint density at radius 2 is 2.11 bits per heavy atom. The molecule has 1 N–H and O–H groups in total. The Balaban J connectivity index is 1.85. The Labute approximate surface area is 174 Å². The van der Waals surface area contributed by atoms with Gasteiger partial charge in [-0.25, -0.2) is 9.38 Å². The molecule has 0 aliphatic carbocycles. The Hall–Kier alpha value is -2.76. The predicted octanol–water partition coefficient (Wildman–Crippen LogP) is 4.50. The Kier molecular flexibility index (Phi) is 6.39. The van der Waals surface area contributed by atoms with Gasteiger partial charge in [-0.1, -0.05) is 5.92 Å². The van der Waals surface area contributed by atoms with Crippen LogP contribution in [0.25, 0.3) is 6.08 Å². The van der Waals surface area contributed by atoms with E-state index in [0.29, 0.717) is 31.7 Å². The number of nitrogens with one attached hydrogen (secondary N) is 1. The number of carbonyl (C=O) groups excluding carboxylic acids is 1. The lowest BCUT2D eigenvalue weighted by atomic mass is 10.2. The van der Waals surface area contributed by atoms with Gasteiger partial charge in [0.15, 0.2) is 16.7 Å². The number of hydrogen-bond acceptors (Lipinski definition) is 5. The molecule has 0 saturated carbocycles. The second-order valence-corrected chi connectivity index (χ2v) is 7.37. The number of terminal acetylenes is 1. The maximum Gasteiger partial charge on any atom is 0.264 e. The summed E-state index contributed by atoms with van der Waals surface area (Å²) in [4.78, 5) is 17.0. The number of amides is 1. The molecule has 0 atom stereocenters. The maximum atomic E-state index is 13.0. The van der Waals surface area contributed by atoms with E-state index in [2.05, 4.69) is 32.2 Å². The first kappa shape index (κ1) is 20.0. The van der Waals surface area contributed by atoms with Crippen LogP contribution in [0, 0.1) is 18.2 Å². The third-order valence-corrected chi connectivity index (χ3v) is 5.06. The van der Waals surface area contributed by atoms with Gasteiger partial charge in [-0.15, -0.1) is 6.42 Å². The summed E-state index contributed by atoms with van der Waals surface area (Å²) in [6.45, 7) is 0.108. The molecular weight excluding hydrogens is 447 g/mol. The van der Waals surface area contributed by atoms with E-state index in [-0.39, 0.29) is 18.3 Å². The maximum absolute atomic E-state index is 13.0. The number of amidine groups is 1. The van der Waals surface area contributed by atoms with E-state index >= 15 is 0 Å². The summed E-state index contributed by atoms with van der Waals surface area (Å²) in [5.74, 6) is 2.76. The Morgan fingerprint density at radius 1 is 1.36 bits per heavy atom.